The maximum Gasteiger partial charge on any atom is 0.258 e. The fraction of sp³-hybridized carbons (Fsp3) is 0.0952. The molecule has 27 heavy (non-hydrogen) atoms. The van der Waals surface area contributed by atoms with E-state index in [9.17, 15) is 9.59 Å². The van der Waals surface area contributed by atoms with E-state index >= 15 is 0 Å². The first-order valence-electron chi connectivity index (χ1n) is 8.60. The SMILES string of the molecule is NC(=O)c1ccccc1N[C@@H]1c2ncccc2C(=O)N1Cc1ccccc1. The molecular weight excluding hydrogens is 340 g/mol. The molecule has 4 rings (SSSR count). The van der Waals surface area contributed by atoms with E-state index in [-0.39, 0.29) is 5.91 Å². The molecule has 0 aliphatic carbocycles. The van der Waals surface area contributed by atoms with Crippen LogP contribution in [0.1, 0.15) is 38.1 Å². The number of primary amides is 1. The van der Waals surface area contributed by atoms with Crippen LogP contribution in [0.25, 0.3) is 0 Å². The second kappa shape index (κ2) is 6.92. The van der Waals surface area contributed by atoms with Crippen molar-refractivity contribution in [3.8, 4) is 0 Å². The Labute approximate surface area is 156 Å². The maximum atomic E-state index is 13.0. The predicted octanol–water partition coefficient (Wildman–Crippen LogP) is 2.95. The van der Waals surface area contributed by atoms with E-state index < -0.39 is 12.1 Å². The van der Waals surface area contributed by atoms with Gasteiger partial charge in [0, 0.05) is 18.4 Å². The molecule has 3 aromatic rings. The molecule has 1 aromatic heterocycles. The molecule has 0 unspecified atom stereocenters. The smallest absolute Gasteiger partial charge is 0.258 e. The molecule has 134 valence electrons. The summed E-state index contributed by atoms with van der Waals surface area (Å²) >= 11 is 0. The molecule has 0 radical (unpaired) electrons. The summed E-state index contributed by atoms with van der Waals surface area (Å²) in [7, 11) is 0. The summed E-state index contributed by atoms with van der Waals surface area (Å²) in [6, 6.07) is 20.3. The number of anilines is 1. The number of para-hydroxylation sites is 1. The molecule has 0 saturated heterocycles. The normalized spacial score (nSPS) is 15.5. The average molecular weight is 358 g/mol. The molecule has 1 aliphatic heterocycles. The molecule has 0 bridgehead atoms. The van der Waals surface area contributed by atoms with Crippen molar-refractivity contribution in [3.05, 3.63) is 95.3 Å². The summed E-state index contributed by atoms with van der Waals surface area (Å²) < 4.78 is 0. The zero-order valence-corrected chi connectivity index (χ0v) is 14.5. The van der Waals surface area contributed by atoms with Gasteiger partial charge in [-0.25, -0.2) is 0 Å². The van der Waals surface area contributed by atoms with Crippen molar-refractivity contribution in [2.45, 2.75) is 12.7 Å². The quantitative estimate of drug-likeness (QED) is 0.734. The van der Waals surface area contributed by atoms with E-state index in [0.717, 1.165) is 5.56 Å². The van der Waals surface area contributed by atoms with Crippen molar-refractivity contribution < 1.29 is 9.59 Å². The van der Waals surface area contributed by atoms with Gasteiger partial charge in [0.1, 0.15) is 6.17 Å². The summed E-state index contributed by atoms with van der Waals surface area (Å²) in [6.45, 7) is 0.423. The zero-order chi connectivity index (χ0) is 18.8. The molecule has 0 fully saturated rings. The van der Waals surface area contributed by atoms with Gasteiger partial charge in [-0.05, 0) is 29.8 Å². The highest BCUT2D eigenvalue weighted by atomic mass is 16.2. The minimum absolute atomic E-state index is 0.101. The molecule has 2 amide bonds. The zero-order valence-electron chi connectivity index (χ0n) is 14.5. The van der Waals surface area contributed by atoms with Crippen molar-refractivity contribution >= 4 is 17.5 Å². The number of nitrogens with one attached hydrogen (secondary N) is 1. The molecule has 1 aliphatic rings. The third-order valence-electron chi connectivity index (χ3n) is 4.58. The number of nitrogens with zero attached hydrogens (tertiary/aromatic N) is 2. The Morgan fingerprint density at radius 3 is 2.56 bits per heavy atom. The van der Waals surface area contributed by atoms with Gasteiger partial charge in [0.05, 0.1) is 16.8 Å². The van der Waals surface area contributed by atoms with Crippen molar-refractivity contribution in [1.82, 2.24) is 9.88 Å². The molecule has 2 aromatic carbocycles. The molecule has 1 atom stereocenters. The van der Waals surface area contributed by atoms with Gasteiger partial charge in [-0.2, -0.15) is 0 Å². The van der Waals surface area contributed by atoms with Crippen LogP contribution >= 0.6 is 0 Å². The fourth-order valence-electron chi connectivity index (χ4n) is 3.30. The van der Waals surface area contributed by atoms with Gasteiger partial charge in [0.2, 0.25) is 0 Å². The van der Waals surface area contributed by atoms with Crippen LogP contribution in [0.2, 0.25) is 0 Å². The molecule has 6 heteroatoms. The van der Waals surface area contributed by atoms with Crippen LogP contribution in [0.4, 0.5) is 5.69 Å². The number of amides is 2. The number of aromatic nitrogens is 1. The number of rotatable bonds is 5. The summed E-state index contributed by atoms with van der Waals surface area (Å²) in [5.74, 6) is -0.630. The number of carbonyl (C=O) groups is 2. The lowest BCUT2D eigenvalue weighted by atomic mass is 10.1. The summed E-state index contributed by atoms with van der Waals surface area (Å²) in [5, 5.41) is 3.29. The van der Waals surface area contributed by atoms with E-state index in [1.807, 2.05) is 36.4 Å². The van der Waals surface area contributed by atoms with Gasteiger partial charge in [-0.3, -0.25) is 14.6 Å². The topological polar surface area (TPSA) is 88.3 Å². The van der Waals surface area contributed by atoms with Gasteiger partial charge >= 0.3 is 0 Å². The molecule has 2 heterocycles. The van der Waals surface area contributed by atoms with Crippen molar-refractivity contribution in [2.24, 2.45) is 5.73 Å². The lowest BCUT2D eigenvalue weighted by molar-refractivity contribution is 0.0727. The summed E-state index contributed by atoms with van der Waals surface area (Å²) in [4.78, 5) is 30.9. The van der Waals surface area contributed by atoms with Crippen molar-refractivity contribution in [1.29, 1.82) is 0 Å². The fourth-order valence-corrected chi connectivity index (χ4v) is 3.30. The van der Waals surface area contributed by atoms with Gasteiger partial charge in [-0.1, -0.05) is 42.5 Å². The summed E-state index contributed by atoms with van der Waals surface area (Å²) in [6.07, 6.45) is 1.17. The van der Waals surface area contributed by atoms with E-state index in [1.165, 1.54) is 0 Å². The third-order valence-corrected chi connectivity index (χ3v) is 4.58. The Balaban J connectivity index is 1.73. The number of hydrogen-bond acceptors (Lipinski definition) is 4. The van der Waals surface area contributed by atoms with Crippen molar-refractivity contribution in [2.75, 3.05) is 5.32 Å². The first-order chi connectivity index (χ1) is 13.1. The Bertz CT molecular complexity index is 1000. The van der Waals surface area contributed by atoms with Gasteiger partial charge < -0.3 is 16.0 Å². The molecular formula is C21H18N4O2. The Morgan fingerprint density at radius 1 is 1.04 bits per heavy atom. The number of fused-ring (bicyclic) bond motifs is 1. The Morgan fingerprint density at radius 2 is 1.78 bits per heavy atom. The van der Waals surface area contributed by atoms with Crippen LogP contribution < -0.4 is 11.1 Å². The van der Waals surface area contributed by atoms with Gasteiger partial charge in [-0.15, -0.1) is 0 Å². The van der Waals surface area contributed by atoms with Crippen LogP contribution in [0, 0.1) is 0 Å². The number of benzene rings is 2. The largest absolute Gasteiger partial charge is 0.366 e. The monoisotopic (exact) mass is 358 g/mol. The van der Waals surface area contributed by atoms with Crippen LogP contribution in [-0.2, 0) is 6.54 Å². The standard InChI is InChI=1S/C21H18N4O2/c22-19(26)15-9-4-5-11-17(15)24-20-18-16(10-6-12-23-18)21(27)25(20)13-14-7-2-1-3-8-14/h1-12,20,24H,13H2,(H2,22,26)/t20-/m0/s1. The predicted molar refractivity (Wildman–Crippen MR) is 102 cm³/mol. The lowest BCUT2D eigenvalue weighted by Crippen LogP contribution is -2.32. The second-order valence-corrected chi connectivity index (χ2v) is 6.31. The first kappa shape index (κ1) is 16.8. The molecule has 6 nitrogen and oxygen atoms in total. The minimum Gasteiger partial charge on any atom is -0.366 e. The average Bonchev–Trinajstić information content (AvgIpc) is 2.95. The van der Waals surface area contributed by atoms with Gasteiger partial charge in [0.25, 0.3) is 11.8 Å². The maximum absolute atomic E-state index is 13.0. The Hall–Kier alpha value is -3.67. The van der Waals surface area contributed by atoms with E-state index in [0.29, 0.717) is 29.1 Å². The molecule has 0 spiro atoms. The third kappa shape index (κ3) is 3.13. The summed E-state index contributed by atoms with van der Waals surface area (Å²) in [5.41, 5.74) is 8.63. The van der Waals surface area contributed by atoms with Gasteiger partial charge in [0.15, 0.2) is 0 Å². The van der Waals surface area contributed by atoms with Crippen LogP contribution in [-0.4, -0.2) is 21.7 Å². The molecule has 0 saturated carbocycles. The first-order valence-corrected chi connectivity index (χ1v) is 8.60. The van der Waals surface area contributed by atoms with Crippen LogP contribution in [0.15, 0.2) is 72.9 Å². The number of pyridine rings is 1. The minimum atomic E-state index is -0.529. The van der Waals surface area contributed by atoms with E-state index in [1.54, 1.807) is 41.4 Å². The molecule has 3 N–H and O–H groups in total. The Kier molecular flexibility index (Phi) is 4.30. The van der Waals surface area contributed by atoms with Crippen LogP contribution in [0.3, 0.4) is 0 Å². The number of carbonyl (C=O) groups excluding carboxylic acids is 2. The van der Waals surface area contributed by atoms with Crippen molar-refractivity contribution in [3.63, 3.8) is 0 Å². The number of hydrogen-bond donors (Lipinski definition) is 2. The number of nitrogens with two attached hydrogens (primary N) is 1. The van der Waals surface area contributed by atoms with E-state index in [2.05, 4.69) is 10.3 Å². The van der Waals surface area contributed by atoms with E-state index in [4.69, 9.17) is 5.73 Å². The lowest BCUT2D eigenvalue weighted by Gasteiger charge is -2.27. The second-order valence-electron chi connectivity index (χ2n) is 6.31. The highest BCUT2D eigenvalue weighted by Gasteiger charge is 2.38. The van der Waals surface area contributed by atoms with Crippen LogP contribution in [0.5, 0.6) is 0 Å². The highest BCUT2D eigenvalue weighted by molar-refractivity contribution is 6.00. The highest BCUT2D eigenvalue weighted by Crippen LogP contribution is 2.34.